The van der Waals surface area contributed by atoms with Gasteiger partial charge in [0.25, 0.3) is 0 Å². The Morgan fingerprint density at radius 2 is 1.32 bits per heavy atom. The van der Waals surface area contributed by atoms with Crippen molar-refractivity contribution in [3.63, 3.8) is 0 Å². The number of rotatable bonds is 13. The summed E-state index contributed by atoms with van der Waals surface area (Å²) >= 11 is 0. The number of ketones is 1. The van der Waals surface area contributed by atoms with Crippen molar-refractivity contribution in [2.75, 3.05) is 10.6 Å². The minimum atomic E-state index is -0.807. The first-order valence-corrected chi connectivity index (χ1v) is 11.3. The molecule has 0 aliphatic carbocycles. The van der Waals surface area contributed by atoms with Gasteiger partial charge in [-0.15, -0.1) is 0 Å². The molecule has 0 heterocycles. The van der Waals surface area contributed by atoms with Gasteiger partial charge in [-0.3, -0.25) is 14.4 Å². The quantitative estimate of drug-likeness (QED) is 0.228. The van der Waals surface area contributed by atoms with E-state index in [2.05, 4.69) is 17.6 Å². The van der Waals surface area contributed by atoms with Crippen molar-refractivity contribution in [2.24, 2.45) is 5.92 Å². The third kappa shape index (κ3) is 8.75. The summed E-state index contributed by atoms with van der Waals surface area (Å²) < 4.78 is 0. The molecule has 31 heavy (non-hydrogen) atoms. The number of carbonyl (C=O) groups is 3. The third-order valence-corrected chi connectivity index (χ3v) is 5.29. The molecule has 0 spiro atoms. The lowest BCUT2D eigenvalue weighted by Gasteiger charge is -2.12. The maximum atomic E-state index is 12.6. The van der Waals surface area contributed by atoms with Gasteiger partial charge < -0.3 is 10.6 Å². The molecule has 5 heteroatoms. The summed E-state index contributed by atoms with van der Waals surface area (Å²) in [6.07, 6.45) is 8.70. The Balaban J connectivity index is 1.76. The molecule has 2 aromatic rings. The number of carbonyl (C=O) groups excluding carboxylic acids is 3. The number of para-hydroxylation sites is 1. The lowest BCUT2D eigenvalue weighted by Crippen LogP contribution is -2.27. The van der Waals surface area contributed by atoms with E-state index in [0.29, 0.717) is 23.4 Å². The molecule has 0 bridgehead atoms. The monoisotopic (exact) mass is 422 g/mol. The molecule has 2 aromatic carbocycles. The summed E-state index contributed by atoms with van der Waals surface area (Å²) in [6.45, 7) is 3.80. The minimum absolute atomic E-state index is 0.0109. The van der Waals surface area contributed by atoms with Crippen LogP contribution in [-0.2, 0) is 9.59 Å². The second-order valence-electron chi connectivity index (χ2n) is 7.94. The molecule has 0 fully saturated rings. The van der Waals surface area contributed by atoms with Crippen LogP contribution in [0.15, 0.2) is 54.6 Å². The van der Waals surface area contributed by atoms with Crippen molar-refractivity contribution in [3.05, 3.63) is 60.2 Å². The van der Waals surface area contributed by atoms with Crippen LogP contribution in [0, 0.1) is 5.92 Å². The second kappa shape index (κ2) is 13.4. The molecular weight excluding hydrogens is 388 g/mol. The first kappa shape index (κ1) is 24.3. The van der Waals surface area contributed by atoms with Crippen molar-refractivity contribution < 1.29 is 14.4 Å². The van der Waals surface area contributed by atoms with Gasteiger partial charge >= 0.3 is 0 Å². The highest BCUT2D eigenvalue weighted by Gasteiger charge is 2.22. The van der Waals surface area contributed by atoms with Crippen molar-refractivity contribution in [1.29, 1.82) is 0 Å². The molecule has 2 N–H and O–H groups in total. The zero-order chi connectivity index (χ0) is 22.5. The number of anilines is 2. The molecule has 5 nitrogen and oxygen atoms in total. The lowest BCUT2D eigenvalue weighted by molar-refractivity contribution is -0.118. The molecule has 0 aliphatic heterocycles. The predicted molar refractivity (Wildman–Crippen MR) is 126 cm³/mol. The molecule has 0 unspecified atom stereocenters. The van der Waals surface area contributed by atoms with Crippen LogP contribution in [0.2, 0.25) is 0 Å². The number of hydrogen-bond acceptors (Lipinski definition) is 3. The van der Waals surface area contributed by atoms with E-state index in [1.807, 2.05) is 18.2 Å². The number of amides is 2. The molecule has 0 saturated carbocycles. The summed E-state index contributed by atoms with van der Waals surface area (Å²) in [5.41, 5.74) is 1.76. The van der Waals surface area contributed by atoms with Gasteiger partial charge in [0.05, 0.1) is 5.92 Å². The van der Waals surface area contributed by atoms with Crippen molar-refractivity contribution in [3.8, 4) is 0 Å². The number of unbranched alkanes of at least 4 members (excludes halogenated alkanes) is 6. The molecule has 166 valence electrons. The maximum absolute atomic E-state index is 12.6. The number of Topliss-reactive ketones (excluding diaryl/α,β-unsaturated/α-hetero) is 1. The first-order valence-electron chi connectivity index (χ1n) is 11.3. The van der Waals surface area contributed by atoms with Gasteiger partial charge in [-0.2, -0.15) is 0 Å². The summed E-state index contributed by atoms with van der Waals surface area (Å²) in [4.78, 5) is 37.1. The Morgan fingerprint density at radius 1 is 0.742 bits per heavy atom. The van der Waals surface area contributed by atoms with Gasteiger partial charge in [0.1, 0.15) is 0 Å². The van der Waals surface area contributed by atoms with Crippen LogP contribution in [0.3, 0.4) is 0 Å². The number of nitrogens with one attached hydrogen (secondary N) is 2. The van der Waals surface area contributed by atoms with Crippen LogP contribution in [0.25, 0.3) is 0 Å². The minimum Gasteiger partial charge on any atom is -0.326 e. The second-order valence-corrected chi connectivity index (χ2v) is 7.94. The van der Waals surface area contributed by atoms with E-state index < -0.39 is 5.92 Å². The van der Waals surface area contributed by atoms with Crippen LogP contribution in [0.4, 0.5) is 11.4 Å². The Morgan fingerprint density at radius 3 is 1.97 bits per heavy atom. The van der Waals surface area contributed by atoms with Crippen LogP contribution in [0.1, 0.15) is 75.6 Å². The van der Waals surface area contributed by atoms with Gasteiger partial charge in [-0.05, 0) is 49.7 Å². The normalized spacial score (nSPS) is 11.5. The highest BCUT2D eigenvalue weighted by molar-refractivity contribution is 6.13. The van der Waals surface area contributed by atoms with E-state index in [0.717, 1.165) is 12.8 Å². The standard InChI is InChI=1S/C26H34N2O3/c1-3-4-5-6-7-8-12-15-24(29)27-23-18-16-21(17-19-23)25(30)20(2)26(31)28-22-13-10-9-11-14-22/h9-11,13-14,16-20H,3-8,12,15H2,1-2H3,(H,27,29)(H,28,31)/t20-/m0/s1. The van der Waals surface area contributed by atoms with Crippen LogP contribution in [-0.4, -0.2) is 17.6 Å². The van der Waals surface area contributed by atoms with Crippen LogP contribution in [0.5, 0.6) is 0 Å². The van der Waals surface area contributed by atoms with E-state index in [4.69, 9.17) is 0 Å². The molecule has 0 aliphatic rings. The van der Waals surface area contributed by atoms with Gasteiger partial charge in [0.2, 0.25) is 11.8 Å². The van der Waals surface area contributed by atoms with Gasteiger partial charge in [0.15, 0.2) is 5.78 Å². The van der Waals surface area contributed by atoms with E-state index in [9.17, 15) is 14.4 Å². The summed E-state index contributed by atoms with van der Waals surface area (Å²) in [7, 11) is 0. The van der Waals surface area contributed by atoms with Crippen LogP contribution < -0.4 is 10.6 Å². The zero-order valence-corrected chi connectivity index (χ0v) is 18.7. The summed E-state index contributed by atoms with van der Waals surface area (Å²) in [5, 5.41) is 5.63. The average molecular weight is 423 g/mol. The molecule has 0 aromatic heterocycles. The zero-order valence-electron chi connectivity index (χ0n) is 18.7. The van der Waals surface area contributed by atoms with E-state index in [-0.39, 0.29) is 17.6 Å². The molecule has 1 atom stereocenters. The highest BCUT2D eigenvalue weighted by Crippen LogP contribution is 2.16. The lowest BCUT2D eigenvalue weighted by atomic mass is 9.98. The summed E-state index contributed by atoms with van der Waals surface area (Å²) in [5.74, 6) is -1.42. The van der Waals surface area contributed by atoms with Crippen LogP contribution >= 0.6 is 0 Å². The largest absolute Gasteiger partial charge is 0.326 e. The Labute approximate surface area is 185 Å². The molecule has 0 radical (unpaired) electrons. The van der Waals surface area contributed by atoms with Gasteiger partial charge in [0, 0.05) is 23.4 Å². The fourth-order valence-corrected chi connectivity index (χ4v) is 3.33. The highest BCUT2D eigenvalue weighted by atomic mass is 16.2. The summed E-state index contributed by atoms with van der Waals surface area (Å²) in [6, 6.07) is 15.8. The number of benzene rings is 2. The fourth-order valence-electron chi connectivity index (χ4n) is 3.33. The SMILES string of the molecule is CCCCCCCCCC(=O)Nc1ccc(C(=O)[C@H](C)C(=O)Nc2ccccc2)cc1. The predicted octanol–water partition coefficient (Wildman–Crippen LogP) is 6.22. The Hall–Kier alpha value is -2.95. The van der Waals surface area contributed by atoms with E-state index in [1.54, 1.807) is 43.3 Å². The average Bonchev–Trinajstić information content (AvgIpc) is 2.78. The fraction of sp³-hybridized carbons (Fsp3) is 0.423. The number of hydrogen-bond donors (Lipinski definition) is 2. The van der Waals surface area contributed by atoms with Crippen molar-refractivity contribution >= 4 is 29.0 Å². The van der Waals surface area contributed by atoms with E-state index >= 15 is 0 Å². The van der Waals surface area contributed by atoms with Crippen molar-refractivity contribution in [1.82, 2.24) is 0 Å². The smallest absolute Gasteiger partial charge is 0.235 e. The third-order valence-electron chi connectivity index (χ3n) is 5.29. The molecule has 2 amide bonds. The maximum Gasteiger partial charge on any atom is 0.235 e. The molecular formula is C26H34N2O3. The Kier molecular flexibility index (Phi) is 10.5. The molecule has 2 rings (SSSR count). The van der Waals surface area contributed by atoms with Gasteiger partial charge in [-0.25, -0.2) is 0 Å². The van der Waals surface area contributed by atoms with E-state index in [1.165, 1.54) is 32.1 Å². The van der Waals surface area contributed by atoms with Gasteiger partial charge in [-0.1, -0.05) is 63.6 Å². The van der Waals surface area contributed by atoms with Crippen molar-refractivity contribution in [2.45, 2.75) is 65.2 Å². The molecule has 0 saturated heterocycles. The Bertz CT molecular complexity index is 831. The first-order chi connectivity index (χ1) is 15.0. The topological polar surface area (TPSA) is 75.3 Å².